The fraction of sp³-hybridized carbons (Fsp3) is 0.606. The van der Waals surface area contributed by atoms with E-state index < -0.39 is 41.1 Å². The number of hydrogen-bond acceptors (Lipinski definition) is 8. The van der Waals surface area contributed by atoms with Crippen LogP contribution in [-0.4, -0.2) is 120 Å². The first kappa shape index (κ1) is 30.0. The third-order valence-corrected chi connectivity index (χ3v) is 9.73. The minimum absolute atomic E-state index is 0.231. The van der Waals surface area contributed by atoms with Gasteiger partial charge in [-0.25, -0.2) is 0 Å². The zero-order valence-electron chi connectivity index (χ0n) is 24.9. The van der Waals surface area contributed by atoms with E-state index in [1.165, 1.54) is 4.90 Å². The number of morpholine rings is 1. The summed E-state index contributed by atoms with van der Waals surface area (Å²) in [5.74, 6) is -2.98. The van der Waals surface area contributed by atoms with Crippen LogP contribution in [0.5, 0.6) is 0 Å². The summed E-state index contributed by atoms with van der Waals surface area (Å²) in [4.78, 5) is 48.7. The molecule has 232 valence electrons. The van der Waals surface area contributed by atoms with Gasteiger partial charge in [0.05, 0.1) is 44.0 Å². The van der Waals surface area contributed by atoms with E-state index in [1.807, 2.05) is 61.6 Å². The number of fused-ring (bicyclic) bond motifs is 2. The summed E-state index contributed by atoms with van der Waals surface area (Å²) in [6.07, 6.45) is 10.4. The molecule has 5 aliphatic heterocycles. The van der Waals surface area contributed by atoms with Crippen molar-refractivity contribution in [1.82, 2.24) is 14.7 Å². The number of ether oxygens (including phenoxy) is 3. The third kappa shape index (κ3) is 5.54. The lowest BCUT2D eigenvalue weighted by molar-refractivity contribution is -0.161. The molecule has 10 heteroatoms. The Morgan fingerprint density at radius 2 is 1.74 bits per heavy atom. The average Bonchev–Trinajstić information content (AvgIpc) is 3.35. The number of benzene rings is 1. The summed E-state index contributed by atoms with van der Waals surface area (Å²) >= 11 is 0. The van der Waals surface area contributed by atoms with Crippen LogP contribution >= 0.6 is 0 Å². The molecule has 0 bridgehead atoms. The van der Waals surface area contributed by atoms with Crippen LogP contribution in [-0.2, 0) is 35.0 Å². The van der Waals surface area contributed by atoms with Gasteiger partial charge in [-0.2, -0.15) is 0 Å². The summed E-state index contributed by atoms with van der Waals surface area (Å²) in [5, 5.41) is 10.7. The third-order valence-electron chi connectivity index (χ3n) is 9.73. The Kier molecular flexibility index (Phi) is 8.73. The van der Waals surface area contributed by atoms with Gasteiger partial charge < -0.3 is 29.1 Å². The Morgan fingerprint density at radius 1 is 0.953 bits per heavy atom. The molecule has 1 unspecified atom stereocenters. The molecule has 1 aromatic carbocycles. The van der Waals surface area contributed by atoms with Crippen molar-refractivity contribution in [2.24, 2.45) is 11.8 Å². The van der Waals surface area contributed by atoms with Gasteiger partial charge in [-0.15, -0.1) is 0 Å². The van der Waals surface area contributed by atoms with Crippen molar-refractivity contribution in [3.63, 3.8) is 0 Å². The molecule has 3 fully saturated rings. The maximum Gasteiger partial charge on any atom is 0.313 e. The van der Waals surface area contributed by atoms with Gasteiger partial charge in [0.25, 0.3) is 0 Å². The number of carbonyl (C=O) groups excluding carboxylic acids is 3. The Hall–Kier alpha value is -3.05. The summed E-state index contributed by atoms with van der Waals surface area (Å²) in [6, 6.07) is 7.91. The van der Waals surface area contributed by atoms with E-state index in [0.717, 1.165) is 37.9 Å². The van der Waals surface area contributed by atoms with E-state index in [0.29, 0.717) is 39.3 Å². The minimum atomic E-state index is -1.39. The molecule has 43 heavy (non-hydrogen) atoms. The van der Waals surface area contributed by atoms with Crippen LogP contribution in [0.25, 0.3) is 0 Å². The minimum Gasteiger partial charge on any atom is -0.465 e. The highest BCUT2D eigenvalue weighted by molar-refractivity contribution is 5.99. The van der Waals surface area contributed by atoms with Crippen LogP contribution in [0.15, 0.2) is 54.6 Å². The van der Waals surface area contributed by atoms with E-state index in [1.54, 1.807) is 4.90 Å². The van der Waals surface area contributed by atoms with Gasteiger partial charge in [-0.3, -0.25) is 19.3 Å². The molecule has 1 aromatic rings. The monoisotopic (exact) mass is 593 g/mol. The number of rotatable bonds is 7. The Bertz CT molecular complexity index is 1250. The number of aliphatic hydroxyl groups excluding tert-OH is 1. The van der Waals surface area contributed by atoms with Crippen LogP contribution in [0, 0.1) is 11.8 Å². The second-order valence-electron chi connectivity index (χ2n) is 12.5. The van der Waals surface area contributed by atoms with Gasteiger partial charge in [-0.1, -0.05) is 54.6 Å². The number of aliphatic hydroxyl groups is 1. The molecule has 0 aliphatic carbocycles. The van der Waals surface area contributed by atoms with E-state index >= 15 is 0 Å². The predicted molar refractivity (Wildman–Crippen MR) is 158 cm³/mol. The van der Waals surface area contributed by atoms with Gasteiger partial charge in [0, 0.05) is 32.7 Å². The maximum absolute atomic E-state index is 14.7. The first-order chi connectivity index (χ1) is 20.9. The zero-order chi connectivity index (χ0) is 30.0. The number of likely N-dealkylation sites (tertiary alicyclic amines) is 1. The molecule has 0 saturated carbocycles. The summed E-state index contributed by atoms with van der Waals surface area (Å²) < 4.78 is 18.1. The molecular weight excluding hydrogens is 550 g/mol. The topological polar surface area (TPSA) is 109 Å². The normalized spacial score (nSPS) is 34.7. The van der Waals surface area contributed by atoms with Crippen molar-refractivity contribution >= 4 is 17.8 Å². The lowest BCUT2D eigenvalue weighted by Gasteiger charge is -2.40. The van der Waals surface area contributed by atoms with Gasteiger partial charge in [0.2, 0.25) is 11.8 Å². The Labute approximate surface area is 253 Å². The fourth-order valence-corrected chi connectivity index (χ4v) is 7.60. The largest absolute Gasteiger partial charge is 0.465 e. The highest BCUT2D eigenvalue weighted by Gasteiger charge is 2.75. The Morgan fingerprint density at radius 3 is 2.51 bits per heavy atom. The zero-order valence-corrected chi connectivity index (χ0v) is 24.9. The van der Waals surface area contributed by atoms with Crippen molar-refractivity contribution in [2.45, 2.75) is 55.9 Å². The van der Waals surface area contributed by atoms with Crippen LogP contribution in [0.4, 0.5) is 0 Å². The highest BCUT2D eigenvalue weighted by Crippen LogP contribution is 2.57. The second-order valence-corrected chi connectivity index (χ2v) is 12.5. The number of allylic oxidation sites excluding steroid dienone is 1. The van der Waals surface area contributed by atoms with Gasteiger partial charge in [-0.05, 0) is 38.2 Å². The lowest BCUT2D eigenvalue weighted by Crippen LogP contribution is -2.59. The number of amides is 2. The molecular formula is C33H43N3O7. The van der Waals surface area contributed by atoms with Crippen molar-refractivity contribution in [3.05, 3.63) is 60.2 Å². The second kappa shape index (κ2) is 12.5. The molecule has 5 heterocycles. The molecule has 6 atom stereocenters. The number of carbonyl (C=O) groups is 3. The van der Waals surface area contributed by atoms with Crippen molar-refractivity contribution in [3.8, 4) is 0 Å². The van der Waals surface area contributed by atoms with Crippen LogP contribution in [0.1, 0.15) is 31.7 Å². The first-order valence-electron chi connectivity index (χ1n) is 15.7. The van der Waals surface area contributed by atoms with Crippen molar-refractivity contribution in [2.75, 3.05) is 59.2 Å². The molecule has 6 rings (SSSR count). The SMILES string of the molecule is C[C@]12/C=C\CCCCOC(=O)[C@H]1[C@H]1C(=O)N([C@@H](CO)Cc3ccccc3)C3C(=O)N(CCN4CCOCC4)CC=C[C@@]31O2. The number of nitrogens with zero attached hydrogens (tertiary/aromatic N) is 3. The molecule has 2 amide bonds. The van der Waals surface area contributed by atoms with E-state index in [2.05, 4.69) is 4.90 Å². The molecule has 1 N–H and O–H groups in total. The lowest BCUT2D eigenvalue weighted by atomic mass is 9.74. The summed E-state index contributed by atoms with van der Waals surface area (Å²) in [6.45, 7) is 6.23. The standard InChI is InChI=1S/C33H43N3O7/c1-32-12-7-2-3-8-19-42-31(40)27(32)26-29(38)36(25(23-37)22-24-10-5-4-6-11-24)28-30(39)35(14-9-13-33(26,28)43-32)16-15-34-17-20-41-21-18-34/h4-7,9-13,25-28,37H,2-3,8,14-23H2,1H3/b12-7-/t25-,26+,27-,28?,32+,33+/m1/s1. The van der Waals surface area contributed by atoms with E-state index in [4.69, 9.17) is 14.2 Å². The first-order valence-corrected chi connectivity index (χ1v) is 15.7. The molecule has 0 aromatic heterocycles. The predicted octanol–water partition coefficient (Wildman–Crippen LogP) is 1.57. The molecule has 10 nitrogen and oxygen atoms in total. The van der Waals surface area contributed by atoms with Crippen molar-refractivity contribution < 1.29 is 33.7 Å². The molecule has 0 radical (unpaired) electrons. The van der Waals surface area contributed by atoms with Gasteiger partial charge in [0.1, 0.15) is 17.6 Å². The van der Waals surface area contributed by atoms with Gasteiger partial charge in [0.15, 0.2) is 0 Å². The number of esters is 1. The fourth-order valence-electron chi connectivity index (χ4n) is 7.60. The smallest absolute Gasteiger partial charge is 0.313 e. The summed E-state index contributed by atoms with van der Waals surface area (Å²) in [7, 11) is 0. The molecule has 1 spiro atoms. The molecule has 3 saturated heterocycles. The van der Waals surface area contributed by atoms with Gasteiger partial charge >= 0.3 is 5.97 Å². The average molecular weight is 594 g/mol. The molecule has 5 aliphatic rings. The van der Waals surface area contributed by atoms with Crippen molar-refractivity contribution in [1.29, 1.82) is 0 Å². The quantitative estimate of drug-likeness (QED) is 0.375. The summed E-state index contributed by atoms with van der Waals surface area (Å²) in [5.41, 5.74) is -1.59. The van der Waals surface area contributed by atoms with Crippen LogP contribution in [0.2, 0.25) is 0 Å². The highest BCUT2D eigenvalue weighted by atomic mass is 16.6. The van der Waals surface area contributed by atoms with E-state index in [-0.39, 0.29) is 25.0 Å². The maximum atomic E-state index is 14.7. The Balaban J connectivity index is 1.40. The van der Waals surface area contributed by atoms with E-state index in [9.17, 15) is 19.5 Å². The number of hydrogen-bond donors (Lipinski definition) is 1. The number of cyclic esters (lactones) is 1. The van der Waals surface area contributed by atoms with Crippen LogP contribution in [0.3, 0.4) is 0 Å². The van der Waals surface area contributed by atoms with Crippen LogP contribution < -0.4 is 0 Å².